The van der Waals surface area contributed by atoms with Gasteiger partial charge in [-0.1, -0.05) is 30.3 Å². The van der Waals surface area contributed by atoms with Crippen molar-refractivity contribution in [2.24, 2.45) is 14.1 Å². The molecule has 8 heteroatoms. The Morgan fingerprint density at radius 1 is 1.12 bits per heavy atom. The van der Waals surface area contributed by atoms with Gasteiger partial charge < -0.3 is 15.0 Å². The van der Waals surface area contributed by atoms with E-state index in [0.717, 1.165) is 10.1 Å². The highest BCUT2D eigenvalue weighted by atomic mass is 16.3. The van der Waals surface area contributed by atoms with Gasteiger partial charge in [-0.25, -0.2) is 4.79 Å². The van der Waals surface area contributed by atoms with E-state index < -0.39 is 11.2 Å². The summed E-state index contributed by atoms with van der Waals surface area (Å²) in [5.74, 6) is 0.446. The quantitative estimate of drug-likeness (QED) is 0.689. The monoisotopic (exact) mass is 329 g/mol. The largest absolute Gasteiger partial charge is 0.395 e. The fourth-order valence-corrected chi connectivity index (χ4v) is 2.68. The average molecular weight is 329 g/mol. The van der Waals surface area contributed by atoms with Crippen molar-refractivity contribution in [3.05, 3.63) is 56.7 Å². The average Bonchev–Trinajstić information content (AvgIpc) is 2.96. The maximum Gasteiger partial charge on any atom is 0.332 e. The molecule has 0 saturated carbocycles. The number of benzene rings is 1. The van der Waals surface area contributed by atoms with Gasteiger partial charge in [0.05, 0.1) is 6.61 Å². The molecule has 0 unspecified atom stereocenters. The summed E-state index contributed by atoms with van der Waals surface area (Å²) in [6.45, 7) is 0.586. The van der Waals surface area contributed by atoms with Crippen LogP contribution in [-0.2, 0) is 27.2 Å². The first kappa shape index (κ1) is 16.0. The molecule has 2 heterocycles. The highest BCUT2D eigenvalue weighted by molar-refractivity contribution is 5.74. The van der Waals surface area contributed by atoms with Gasteiger partial charge in [0.2, 0.25) is 5.95 Å². The van der Waals surface area contributed by atoms with E-state index in [4.69, 9.17) is 0 Å². The van der Waals surface area contributed by atoms with Crippen LogP contribution in [0.2, 0.25) is 0 Å². The number of fused-ring (bicyclic) bond motifs is 1. The standard InChI is InChI=1S/C16H19N5O3/c1-19-13-12(14(23)20(2)16(19)24)21(8-9-22)15(18-13)17-10-11-6-4-3-5-7-11/h3-7,22H,8-10H2,1-2H3,(H,17,18). The summed E-state index contributed by atoms with van der Waals surface area (Å²) in [7, 11) is 3.00. The number of nitrogens with zero attached hydrogens (tertiary/aromatic N) is 4. The lowest BCUT2D eigenvalue weighted by Gasteiger charge is -2.09. The Balaban J connectivity index is 2.12. The summed E-state index contributed by atoms with van der Waals surface area (Å²) in [5, 5.41) is 12.5. The highest BCUT2D eigenvalue weighted by Crippen LogP contribution is 2.16. The molecule has 0 aliphatic carbocycles. The van der Waals surface area contributed by atoms with Crippen LogP contribution in [0.15, 0.2) is 39.9 Å². The number of hydrogen-bond acceptors (Lipinski definition) is 5. The number of aryl methyl sites for hydroxylation is 1. The predicted octanol–water partition coefficient (Wildman–Crippen LogP) is 0.0381. The SMILES string of the molecule is Cn1c(=O)c2c(nc(NCc3ccccc3)n2CCO)n(C)c1=O. The molecule has 0 spiro atoms. The lowest BCUT2D eigenvalue weighted by atomic mass is 10.2. The molecule has 3 rings (SSSR count). The lowest BCUT2D eigenvalue weighted by Crippen LogP contribution is -2.37. The molecule has 0 fully saturated rings. The topological polar surface area (TPSA) is 94.1 Å². The second-order valence-corrected chi connectivity index (χ2v) is 5.53. The zero-order chi connectivity index (χ0) is 17.3. The van der Waals surface area contributed by atoms with Crippen molar-refractivity contribution in [1.29, 1.82) is 0 Å². The minimum atomic E-state index is -0.434. The van der Waals surface area contributed by atoms with Crippen LogP contribution in [0.4, 0.5) is 5.95 Å². The minimum absolute atomic E-state index is 0.141. The second-order valence-electron chi connectivity index (χ2n) is 5.53. The fourth-order valence-electron chi connectivity index (χ4n) is 2.68. The Kier molecular flexibility index (Phi) is 4.22. The Morgan fingerprint density at radius 3 is 2.50 bits per heavy atom. The van der Waals surface area contributed by atoms with Gasteiger partial charge >= 0.3 is 5.69 Å². The van der Waals surface area contributed by atoms with E-state index in [1.165, 1.54) is 11.6 Å². The zero-order valence-electron chi connectivity index (χ0n) is 13.6. The summed E-state index contributed by atoms with van der Waals surface area (Å²) in [6, 6.07) is 9.76. The van der Waals surface area contributed by atoms with Crippen LogP contribution < -0.4 is 16.6 Å². The molecule has 1 aromatic carbocycles. The van der Waals surface area contributed by atoms with Crippen LogP contribution >= 0.6 is 0 Å². The summed E-state index contributed by atoms with van der Waals surface area (Å²) >= 11 is 0. The van der Waals surface area contributed by atoms with Gasteiger partial charge in [-0.3, -0.25) is 13.9 Å². The van der Waals surface area contributed by atoms with Gasteiger partial charge in [-0.2, -0.15) is 4.98 Å². The van der Waals surface area contributed by atoms with E-state index in [1.54, 1.807) is 11.6 Å². The molecule has 0 atom stereocenters. The molecule has 0 aliphatic rings. The highest BCUT2D eigenvalue weighted by Gasteiger charge is 2.18. The van der Waals surface area contributed by atoms with E-state index in [0.29, 0.717) is 23.7 Å². The van der Waals surface area contributed by atoms with Crippen molar-refractivity contribution in [1.82, 2.24) is 18.7 Å². The Morgan fingerprint density at radius 2 is 1.83 bits per heavy atom. The smallest absolute Gasteiger partial charge is 0.332 e. The molecule has 2 N–H and O–H groups in total. The molecular weight excluding hydrogens is 310 g/mol. The number of aromatic nitrogens is 4. The van der Waals surface area contributed by atoms with E-state index in [9.17, 15) is 14.7 Å². The summed E-state index contributed by atoms with van der Waals surface area (Å²) in [4.78, 5) is 28.9. The van der Waals surface area contributed by atoms with Crippen LogP contribution in [0, 0.1) is 0 Å². The molecule has 126 valence electrons. The van der Waals surface area contributed by atoms with E-state index in [2.05, 4.69) is 10.3 Å². The Labute approximate surface area is 137 Å². The minimum Gasteiger partial charge on any atom is -0.395 e. The number of rotatable bonds is 5. The van der Waals surface area contributed by atoms with Crippen molar-refractivity contribution in [2.75, 3.05) is 11.9 Å². The molecule has 2 aromatic heterocycles. The molecule has 0 bridgehead atoms. The zero-order valence-corrected chi connectivity index (χ0v) is 13.6. The number of imidazole rings is 1. The maximum absolute atomic E-state index is 12.5. The van der Waals surface area contributed by atoms with E-state index >= 15 is 0 Å². The molecule has 0 aliphatic heterocycles. The van der Waals surface area contributed by atoms with Crippen molar-refractivity contribution >= 4 is 17.1 Å². The molecule has 0 amide bonds. The normalized spacial score (nSPS) is 11.1. The van der Waals surface area contributed by atoms with Crippen LogP contribution in [0.25, 0.3) is 11.2 Å². The second kappa shape index (κ2) is 6.32. The summed E-state index contributed by atoms with van der Waals surface area (Å²) in [6.07, 6.45) is 0. The number of hydrogen-bond donors (Lipinski definition) is 2. The van der Waals surface area contributed by atoms with Crippen LogP contribution in [0.3, 0.4) is 0 Å². The first-order valence-electron chi connectivity index (χ1n) is 7.59. The fraction of sp³-hybridized carbons (Fsp3) is 0.312. The number of anilines is 1. The van der Waals surface area contributed by atoms with E-state index in [1.807, 2.05) is 30.3 Å². The molecule has 3 aromatic rings. The molecular formula is C16H19N5O3. The third-order valence-electron chi connectivity index (χ3n) is 3.97. The van der Waals surface area contributed by atoms with Crippen LogP contribution in [0.1, 0.15) is 5.56 Å². The Hall–Kier alpha value is -2.87. The first-order chi connectivity index (χ1) is 11.5. The van der Waals surface area contributed by atoms with Gasteiger partial charge in [0, 0.05) is 27.2 Å². The molecule has 0 radical (unpaired) electrons. The number of aliphatic hydroxyl groups excluding tert-OH is 1. The third kappa shape index (κ3) is 2.61. The van der Waals surface area contributed by atoms with E-state index in [-0.39, 0.29) is 13.2 Å². The predicted molar refractivity (Wildman–Crippen MR) is 91.1 cm³/mol. The molecule has 0 saturated heterocycles. The Bertz CT molecular complexity index is 985. The third-order valence-corrected chi connectivity index (χ3v) is 3.97. The first-order valence-corrected chi connectivity index (χ1v) is 7.59. The molecule has 8 nitrogen and oxygen atoms in total. The maximum atomic E-state index is 12.5. The van der Waals surface area contributed by atoms with Gasteiger partial charge in [0.15, 0.2) is 11.2 Å². The summed E-state index contributed by atoms with van der Waals surface area (Å²) < 4.78 is 3.98. The van der Waals surface area contributed by atoms with Gasteiger partial charge in [0.25, 0.3) is 5.56 Å². The van der Waals surface area contributed by atoms with Crippen molar-refractivity contribution in [3.63, 3.8) is 0 Å². The number of nitrogens with one attached hydrogen (secondary N) is 1. The van der Waals surface area contributed by atoms with Crippen molar-refractivity contribution in [3.8, 4) is 0 Å². The van der Waals surface area contributed by atoms with Gasteiger partial charge in [0.1, 0.15) is 0 Å². The van der Waals surface area contributed by atoms with Crippen molar-refractivity contribution in [2.45, 2.75) is 13.1 Å². The summed E-state index contributed by atoms with van der Waals surface area (Å²) in [5.41, 5.74) is 0.788. The van der Waals surface area contributed by atoms with Crippen molar-refractivity contribution < 1.29 is 5.11 Å². The van der Waals surface area contributed by atoms with Gasteiger partial charge in [-0.05, 0) is 5.56 Å². The van der Waals surface area contributed by atoms with Crippen LogP contribution in [-0.4, -0.2) is 30.4 Å². The molecule has 24 heavy (non-hydrogen) atoms. The van der Waals surface area contributed by atoms with Crippen LogP contribution in [0.5, 0.6) is 0 Å². The lowest BCUT2D eigenvalue weighted by molar-refractivity contribution is 0.278. The number of aliphatic hydroxyl groups is 1. The van der Waals surface area contributed by atoms with Gasteiger partial charge in [-0.15, -0.1) is 0 Å².